The summed E-state index contributed by atoms with van der Waals surface area (Å²) in [6.07, 6.45) is 2.71. The molecule has 0 bridgehead atoms. The van der Waals surface area contributed by atoms with Gasteiger partial charge in [-0.15, -0.1) is 23.2 Å². The van der Waals surface area contributed by atoms with E-state index < -0.39 is 0 Å². The van der Waals surface area contributed by atoms with Gasteiger partial charge in [-0.05, 0) is 12.8 Å². The third-order valence-electron chi connectivity index (χ3n) is 1.21. The number of ether oxygens (including phenoxy) is 1. The van der Waals surface area contributed by atoms with Gasteiger partial charge in [0.25, 0.3) is 0 Å². The maximum absolute atomic E-state index is 9.82. The summed E-state index contributed by atoms with van der Waals surface area (Å²) in [6.45, 7) is 10.4. The van der Waals surface area contributed by atoms with Gasteiger partial charge >= 0.3 is 5.97 Å². The molecule has 0 fully saturated rings. The first kappa shape index (κ1) is 20.5. The van der Waals surface area contributed by atoms with Gasteiger partial charge in [-0.2, -0.15) is 0 Å². The fraction of sp³-hybridized carbons (Fsp3) is 0.909. The summed E-state index contributed by atoms with van der Waals surface area (Å²) < 4.78 is 4.40. The van der Waals surface area contributed by atoms with E-state index in [4.69, 9.17) is 23.2 Å². The van der Waals surface area contributed by atoms with Crippen molar-refractivity contribution >= 4 is 29.2 Å². The zero-order chi connectivity index (χ0) is 12.7. The summed E-state index contributed by atoms with van der Waals surface area (Å²) in [6, 6.07) is 0. The molecule has 0 aromatic rings. The second-order valence-corrected chi connectivity index (χ2v) is 4.02. The first-order valence-electron chi connectivity index (χ1n) is 5.21. The normalized spacial score (nSPS) is 8.27. The van der Waals surface area contributed by atoms with Crippen molar-refractivity contribution in [3.05, 3.63) is 0 Å². The highest BCUT2D eigenvalue weighted by atomic mass is 35.5. The van der Waals surface area contributed by atoms with Gasteiger partial charge in [0.15, 0.2) is 0 Å². The van der Waals surface area contributed by atoms with Crippen molar-refractivity contribution in [3.63, 3.8) is 0 Å². The third kappa shape index (κ3) is 55.7. The van der Waals surface area contributed by atoms with Crippen molar-refractivity contribution in [2.45, 2.75) is 47.5 Å². The highest BCUT2D eigenvalue weighted by molar-refractivity contribution is 6.40. The highest BCUT2D eigenvalue weighted by Gasteiger charge is 1.85. The molecule has 0 unspecified atom stereocenters. The molecule has 0 N–H and O–H groups in total. The van der Waals surface area contributed by atoms with Gasteiger partial charge in [-0.3, -0.25) is 4.79 Å². The van der Waals surface area contributed by atoms with Crippen LogP contribution >= 0.6 is 23.2 Å². The van der Waals surface area contributed by atoms with Crippen LogP contribution in [0.4, 0.5) is 0 Å². The summed E-state index contributed by atoms with van der Waals surface area (Å²) >= 11 is 9.53. The van der Waals surface area contributed by atoms with E-state index in [1.807, 2.05) is 0 Å². The monoisotopic (exact) mass is 258 g/mol. The van der Waals surface area contributed by atoms with E-state index >= 15 is 0 Å². The minimum Gasteiger partial charge on any atom is -0.466 e. The molecule has 15 heavy (non-hydrogen) atoms. The Morgan fingerprint density at radius 2 is 1.67 bits per heavy atom. The third-order valence-corrected chi connectivity index (χ3v) is 1.21. The fourth-order valence-electron chi connectivity index (χ4n) is 0.781. The molecule has 0 atom stereocenters. The van der Waals surface area contributed by atoms with E-state index in [0.29, 0.717) is 6.61 Å². The fourth-order valence-corrected chi connectivity index (χ4v) is 0.781. The molecule has 0 saturated carbocycles. The van der Waals surface area contributed by atoms with Crippen molar-refractivity contribution < 1.29 is 9.53 Å². The Labute approximate surface area is 104 Å². The number of hydrogen-bond donors (Lipinski definition) is 0. The molecular formula is C11H24Cl2O2. The van der Waals surface area contributed by atoms with Crippen molar-refractivity contribution in [1.82, 2.24) is 0 Å². The van der Waals surface area contributed by atoms with Crippen LogP contribution in [-0.2, 0) is 9.53 Å². The van der Waals surface area contributed by atoms with Crippen molar-refractivity contribution in [2.75, 3.05) is 11.9 Å². The van der Waals surface area contributed by atoms with Crippen LogP contribution < -0.4 is 0 Å². The lowest BCUT2D eigenvalue weighted by Crippen LogP contribution is -1.95. The molecule has 0 aliphatic heterocycles. The maximum atomic E-state index is 9.82. The van der Waals surface area contributed by atoms with E-state index in [1.165, 1.54) is 19.8 Å². The van der Waals surface area contributed by atoms with E-state index in [-0.39, 0.29) is 11.3 Å². The molecule has 0 radical (unpaired) electrons. The van der Waals surface area contributed by atoms with Crippen LogP contribution in [0.3, 0.4) is 0 Å². The van der Waals surface area contributed by atoms with Crippen molar-refractivity contribution in [3.8, 4) is 0 Å². The SMILES string of the molecule is CCCC(C)C.CCOC(C)=O.ClCCl. The molecule has 0 aromatic carbocycles. The number of carbonyl (C=O) groups is 1. The van der Waals surface area contributed by atoms with E-state index in [1.54, 1.807) is 6.92 Å². The van der Waals surface area contributed by atoms with Crippen LogP contribution in [0.15, 0.2) is 0 Å². The zero-order valence-electron chi connectivity index (χ0n) is 10.5. The lowest BCUT2D eigenvalue weighted by molar-refractivity contribution is -0.140. The van der Waals surface area contributed by atoms with E-state index in [2.05, 4.69) is 25.5 Å². The lowest BCUT2D eigenvalue weighted by Gasteiger charge is -1.95. The molecule has 0 aliphatic carbocycles. The van der Waals surface area contributed by atoms with Gasteiger partial charge in [0.2, 0.25) is 0 Å². The quantitative estimate of drug-likeness (QED) is 0.553. The van der Waals surface area contributed by atoms with Crippen LogP contribution in [0.25, 0.3) is 0 Å². The molecule has 0 aromatic heterocycles. The Morgan fingerprint density at radius 3 is 1.67 bits per heavy atom. The van der Waals surface area contributed by atoms with Crippen LogP contribution in [0.1, 0.15) is 47.5 Å². The number of hydrogen-bond acceptors (Lipinski definition) is 2. The van der Waals surface area contributed by atoms with Gasteiger partial charge in [0.1, 0.15) is 0 Å². The molecule has 94 valence electrons. The van der Waals surface area contributed by atoms with Gasteiger partial charge in [-0.25, -0.2) is 0 Å². The second-order valence-electron chi connectivity index (χ2n) is 3.21. The molecule has 4 heteroatoms. The minimum atomic E-state index is -0.211. The number of rotatable bonds is 3. The molecule has 0 aliphatic rings. The van der Waals surface area contributed by atoms with Gasteiger partial charge in [-0.1, -0.05) is 33.6 Å². The molecule has 0 rings (SSSR count). The average molecular weight is 259 g/mol. The molecular weight excluding hydrogens is 235 g/mol. The summed E-state index contributed by atoms with van der Waals surface area (Å²) in [5, 5.41) is 0.194. The van der Waals surface area contributed by atoms with Crippen molar-refractivity contribution in [2.24, 2.45) is 5.92 Å². The second kappa shape index (κ2) is 19.6. The highest BCUT2D eigenvalue weighted by Crippen LogP contribution is 2.00. The first-order valence-corrected chi connectivity index (χ1v) is 6.28. The maximum Gasteiger partial charge on any atom is 0.302 e. The van der Waals surface area contributed by atoms with Gasteiger partial charge in [0.05, 0.1) is 11.9 Å². The Hall–Kier alpha value is 0.0500. The standard InChI is InChI=1S/C6H14.C4H8O2.CH2Cl2/c1-4-5-6(2)3;1-3-6-4(2)5;2-1-3/h6H,4-5H2,1-3H3;3H2,1-2H3;1H2. The Balaban J connectivity index is -0.000000153. The smallest absolute Gasteiger partial charge is 0.302 e. The van der Waals surface area contributed by atoms with Crippen LogP contribution in [0.2, 0.25) is 0 Å². The molecule has 0 saturated heterocycles. The van der Waals surface area contributed by atoms with Gasteiger partial charge in [0, 0.05) is 6.92 Å². The van der Waals surface area contributed by atoms with E-state index in [9.17, 15) is 4.79 Å². The lowest BCUT2D eigenvalue weighted by atomic mass is 10.1. The average Bonchev–Trinajstić information content (AvgIpc) is 2.05. The van der Waals surface area contributed by atoms with Gasteiger partial charge < -0.3 is 4.74 Å². The predicted octanol–water partition coefficient (Wildman–Crippen LogP) is 4.43. The number of halogens is 2. The molecule has 2 nitrogen and oxygen atoms in total. The topological polar surface area (TPSA) is 26.3 Å². The summed E-state index contributed by atoms with van der Waals surface area (Å²) in [5.41, 5.74) is 0. The summed E-state index contributed by atoms with van der Waals surface area (Å²) in [7, 11) is 0. The predicted molar refractivity (Wildman–Crippen MR) is 68.6 cm³/mol. The summed E-state index contributed by atoms with van der Waals surface area (Å²) in [4.78, 5) is 9.82. The zero-order valence-corrected chi connectivity index (χ0v) is 12.0. The number of carbonyl (C=O) groups excluding carboxylic acids is 1. The molecule has 0 spiro atoms. The Bertz CT molecular complexity index is 117. The van der Waals surface area contributed by atoms with Crippen LogP contribution in [0, 0.1) is 5.92 Å². The van der Waals surface area contributed by atoms with E-state index in [0.717, 1.165) is 5.92 Å². The molecule has 0 heterocycles. The Kier molecular flexibility index (Phi) is 26.7. The number of esters is 1. The van der Waals surface area contributed by atoms with Crippen LogP contribution in [0.5, 0.6) is 0 Å². The molecule has 0 amide bonds. The van der Waals surface area contributed by atoms with Crippen LogP contribution in [-0.4, -0.2) is 17.9 Å². The number of alkyl halides is 2. The summed E-state index contributed by atoms with van der Waals surface area (Å²) in [5.74, 6) is 0.688. The van der Waals surface area contributed by atoms with Crippen molar-refractivity contribution in [1.29, 1.82) is 0 Å². The minimum absolute atomic E-state index is 0.194. The largest absolute Gasteiger partial charge is 0.466 e. The first-order chi connectivity index (χ1) is 6.95. The Morgan fingerprint density at radius 1 is 1.27 bits per heavy atom.